The van der Waals surface area contributed by atoms with E-state index in [9.17, 15) is 30.3 Å². The summed E-state index contributed by atoms with van der Waals surface area (Å²) in [6.07, 6.45) is 1.45. The van der Waals surface area contributed by atoms with E-state index >= 15 is 0 Å². The Hall–Kier alpha value is -3.57. The van der Waals surface area contributed by atoms with Gasteiger partial charge < -0.3 is 14.9 Å². The van der Waals surface area contributed by atoms with Crippen molar-refractivity contribution in [3.05, 3.63) is 60.4 Å². The van der Waals surface area contributed by atoms with E-state index in [1.54, 1.807) is 0 Å². The maximum absolute atomic E-state index is 10.9. The molecule has 0 aliphatic rings. The average molecular weight is 323 g/mol. The Kier molecular flexibility index (Phi) is 4.44. The van der Waals surface area contributed by atoms with Crippen molar-refractivity contribution in [3.63, 3.8) is 0 Å². The van der Waals surface area contributed by atoms with Gasteiger partial charge in [0.2, 0.25) is 0 Å². The summed E-state index contributed by atoms with van der Waals surface area (Å²) in [5.41, 5.74) is -0.538. The summed E-state index contributed by atoms with van der Waals surface area (Å²) in [6.45, 7) is -0.0298. The lowest BCUT2D eigenvalue weighted by Crippen LogP contribution is -2.04. The molecule has 0 atom stereocenters. The number of benzene rings is 1. The van der Waals surface area contributed by atoms with E-state index in [1.165, 1.54) is 6.20 Å². The molecule has 2 aromatic rings. The minimum Gasteiger partial charge on any atom is -0.486 e. The van der Waals surface area contributed by atoms with Gasteiger partial charge in [-0.25, -0.2) is 4.98 Å². The minimum absolute atomic E-state index is 0.0298. The van der Waals surface area contributed by atoms with Crippen molar-refractivity contribution in [2.45, 2.75) is 6.42 Å². The molecule has 0 aliphatic carbocycles. The first-order valence-corrected chi connectivity index (χ1v) is 6.12. The number of imidazole rings is 1. The lowest BCUT2D eigenvalue weighted by atomic mass is 10.2. The first-order chi connectivity index (χ1) is 10.9. The van der Waals surface area contributed by atoms with Crippen LogP contribution in [0, 0.1) is 30.3 Å². The molecule has 12 nitrogen and oxygen atoms in total. The normalized spacial score (nSPS) is 10.3. The first kappa shape index (κ1) is 15.8. The Morgan fingerprint density at radius 3 is 2.39 bits per heavy atom. The number of ether oxygens (including phenoxy) is 1. The lowest BCUT2D eigenvalue weighted by molar-refractivity contribution is -0.394. The van der Waals surface area contributed by atoms with Gasteiger partial charge in [-0.3, -0.25) is 20.2 Å². The van der Waals surface area contributed by atoms with Crippen LogP contribution < -0.4 is 4.74 Å². The Balaban J connectivity index is 2.06. The highest BCUT2D eigenvalue weighted by Crippen LogP contribution is 2.31. The van der Waals surface area contributed by atoms with Crippen LogP contribution in [0.1, 0.15) is 5.69 Å². The second-order valence-corrected chi connectivity index (χ2v) is 4.25. The number of aromatic nitrogens is 2. The van der Waals surface area contributed by atoms with Gasteiger partial charge in [0.05, 0.1) is 22.5 Å². The summed E-state index contributed by atoms with van der Waals surface area (Å²) in [5, 5.41) is 32.0. The monoisotopic (exact) mass is 323 g/mol. The van der Waals surface area contributed by atoms with E-state index in [0.29, 0.717) is 5.69 Å². The minimum atomic E-state index is -0.788. The van der Waals surface area contributed by atoms with E-state index < -0.39 is 32.1 Å². The summed E-state index contributed by atoms with van der Waals surface area (Å²) >= 11 is 0. The van der Waals surface area contributed by atoms with E-state index in [2.05, 4.69) is 9.97 Å². The third kappa shape index (κ3) is 3.75. The van der Waals surface area contributed by atoms with Crippen LogP contribution in [0.3, 0.4) is 0 Å². The number of non-ortho nitro benzene ring substituents is 1. The lowest BCUT2D eigenvalue weighted by Gasteiger charge is -2.05. The summed E-state index contributed by atoms with van der Waals surface area (Å²) in [6, 6.07) is 3.02. The topological polar surface area (TPSA) is 167 Å². The Labute approximate surface area is 127 Å². The van der Waals surface area contributed by atoms with E-state index in [4.69, 9.17) is 4.74 Å². The van der Waals surface area contributed by atoms with Crippen molar-refractivity contribution in [2.75, 3.05) is 6.61 Å². The van der Waals surface area contributed by atoms with Crippen LogP contribution in [0.5, 0.6) is 5.75 Å². The number of hydrogen-bond donors (Lipinski definition) is 1. The molecule has 0 spiro atoms. The van der Waals surface area contributed by atoms with Gasteiger partial charge in [-0.15, -0.1) is 0 Å². The first-order valence-electron chi connectivity index (χ1n) is 6.12. The number of aromatic amines is 1. The van der Waals surface area contributed by atoms with Gasteiger partial charge in [-0.1, -0.05) is 4.98 Å². The highest BCUT2D eigenvalue weighted by molar-refractivity contribution is 5.53. The van der Waals surface area contributed by atoms with Crippen LogP contribution in [0.15, 0.2) is 24.4 Å². The molecule has 0 bridgehead atoms. The zero-order valence-electron chi connectivity index (χ0n) is 11.4. The summed E-state index contributed by atoms with van der Waals surface area (Å²) in [7, 11) is 0. The third-order valence-corrected chi connectivity index (χ3v) is 2.77. The van der Waals surface area contributed by atoms with Crippen LogP contribution in [-0.2, 0) is 6.42 Å². The maximum atomic E-state index is 10.9. The van der Waals surface area contributed by atoms with E-state index in [1.807, 2.05) is 0 Å². The van der Waals surface area contributed by atoms with Gasteiger partial charge in [-0.05, 0) is 11.0 Å². The number of nitrogens with one attached hydrogen (secondary N) is 1. The van der Waals surface area contributed by atoms with Crippen molar-refractivity contribution < 1.29 is 19.5 Å². The van der Waals surface area contributed by atoms with Crippen molar-refractivity contribution >= 4 is 17.3 Å². The molecule has 23 heavy (non-hydrogen) atoms. The van der Waals surface area contributed by atoms with Gasteiger partial charge in [-0.2, -0.15) is 0 Å². The van der Waals surface area contributed by atoms with Crippen molar-refractivity contribution in [2.24, 2.45) is 0 Å². The fraction of sp³-hybridized carbons (Fsp3) is 0.182. The molecule has 1 heterocycles. The summed E-state index contributed by atoms with van der Waals surface area (Å²) in [4.78, 5) is 35.8. The standard InChI is InChI=1S/C11H9N5O7/c17-14(18)8-1-2-10(9(5-8)15(19)20)23-4-3-7-6-12-11(13-7)16(21)22/h1-2,5-6H,3-4H2,(H,12,13). The molecule has 1 aromatic carbocycles. The second kappa shape index (κ2) is 6.46. The Morgan fingerprint density at radius 1 is 1.09 bits per heavy atom. The SMILES string of the molecule is O=[N+]([O-])c1ccc(OCCc2cnc([N+](=O)[O-])[nH]2)c([N+](=O)[O-])c1. The van der Waals surface area contributed by atoms with Gasteiger partial charge >= 0.3 is 11.6 Å². The number of nitro groups is 3. The molecule has 0 aliphatic heterocycles. The van der Waals surface area contributed by atoms with Crippen LogP contribution in [0.2, 0.25) is 0 Å². The molecule has 0 saturated carbocycles. The van der Waals surface area contributed by atoms with Crippen molar-refractivity contribution in [1.29, 1.82) is 0 Å². The molecule has 0 amide bonds. The van der Waals surface area contributed by atoms with Gasteiger partial charge in [0.25, 0.3) is 5.69 Å². The molecule has 120 valence electrons. The molecular weight excluding hydrogens is 314 g/mol. The van der Waals surface area contributed by atoms with E-state index in [-0.39, 0.29) is 18.8 Å². The van der Waals surface area contributed by atoms with Crippen LogP contribution in [0.25, 0.3) is 0 Å². The quantitative estimate of drug-likeness (QED) is 0.593. The molecule has 0 unspecified atom stereocenters. The fourth-order valence-corrected chi connectivity index (χ4v) is 1.72. The fourth-order valence-electron chi connectivity index (χ4n) is 1.72. The van der Waals surface area contributed by atoms with Crippen LogP contribution in [0.4, 0.5) is 17.3 Å². The number of hydrogen-bond acceptors (Lipinski definition) is 8. The largest absolute Gasteiger partial charge is 0.486 e. The number of rotatable bonds is 7. The molecule has 12 heteroatoms. The molecule has 1 N–H and O–H groups in total. The highest BCUT2D eigenvalue weighted by atomic mass is 16.6. The van der Waals surface area contributed by atoms with Gasteiger partial charge in [0.1, 0.15) is 11.9 Å². The Morgan fingerprint density at radius 2 is 1.83 bits per heavy atom. The van der Waals surface area contributed by atoms with Crippen LogP contribution >= 0.6 is 0 Å². The number of nitrogens with zero attached hydrogens (tertiary/aromatic N) is 4. The van der Waals surface area contributed by atoms with Crippen molar-refractivity contribution in [1.82, 2.24) is 9.97 Å². The molecule has 1 aromatic heterocycles. The molecular formula is C11H9N5O7. The van der Waals surface area contributed by atoms with Gasteiger partial charge in [0, 0.05) is 12.5 Å². The van der Waals surface area contributed by atoms with Crippen molar-refractivity contribution in [3.8, 4) is 5.75 Å². The third-order valence-electron chi connectivity index (χ3n) is 2.77. The summed E-state index contributed by atoms with van der Waals surface area (Å²) < 4.78 is 5.22. The molecule has 2 rings (SSSR count). The highest BCUT2D eigenvalue weighted by Gasteiger charge is 2.21. The zero-order valence-corrected chi connectivity index (χ0v) is 11.4. The number of H-pyrrole nitrogens is 1. The smallest absolute Gasteiger partial charge is 0.432 e. The van der Waals surface area contributed by atoms with E-state index in [0.717, 1.165) is 18.2 Å². The molecule has 0 saturated heterocycles. The second-order valence-electron chi connectivity index (χ2n) is 4.25. The van der Waals surface area contributed by atoms with Crippen LogP contribution in [-0.4, -0.2) is 31.3 Å². The maximum Gasteiger partial charge on any atom is 0.432 e. The predicted molar refractivity (Wildman–Crippen MR) is 74.2 cm³/mol. The average Bonchev–Trinajstić information content (AvgIpc) is 2.96. The molecule has 0 radical (unpaired) electrons. The Bertz CT molecular complexity index is 772. The summed E-state index contributed by atoms with van der Waals surface area (Å²) in [5.74, 6) is -0.545. The predicted octanol–water partition coefficient (Wildman–Crippen LogP) is 1.76. The molecule has 0 fully saturated rings. The zero-order chi connectivity index (χ0) is 17.0. The number of nitro benzene ring substituents is 2. The van der Waals surface area contributed by atoms with Gasteiger partial charge in [0.15, 0.2) is 5.75 Å².